The van der Waals surface area contributed by atoms with Crippen molar-refractivity contribution in [2.75, 3.05) is 19.6 Å². The Kier molecular flexibility index (Phi) is 6.97. The first-order valence-corrected chi connectivity index (χ1v) is 7.11. The Morgan fingerprint density at radius 3 is 2.67 bits per heavy atom. The predicted molar refractivity (Wildman–Crippen MR) is 80.7 cm³/mol. The van der Waals surface area contributed by atoms with Gasteiger partial charge in [-0.1, -0.05) is 25.1 Å². The largest absolute Gasteiger partial charge is 0.416 e. The van der Waals surface area contributed by atoms with Crippen molar-refractivity contribution in [3.8, 4) is 0 Å². The molecule has 21 heavy (non-hydrogen) atoms. The van der Waals surface area contributed by atoms with E-state index in [-0.39, 0.29) is 12.4 Å². The summed E-state index contributed by atoms with van der Waals surface area (Å²) in [7, 11) is 0. The highest BCUT2D eigenvalue weighted by Crippen LogP contribution is 2.30. The Hall–Kier alpha value is -0.780. The Morgan fingerprint density at radius 2 is 2.10 bits per heavy atom. The lowest BCUT2D eigenvalue weighted by Gasteiger charge is -2.28. The summed E-state index contributed by atoms with van der Waals surface area (Å²) in [5, 5.41) is 3.31. The van der Waals surface area contributed by atoms with Crippen LogP contribution in [0.4, 0.5) is 13.2 Å². The molecule has 0 aliphatic carbocycles. The van der Waals surface area contributed by atoms with Crippen LogP contribution in [-0.2, 0) is 12.7 Å². The van der Waals surface area contributed by atoms with E-state index in [1.807, 2.05) is 0 Å². The summed E-state index contributed by atoms with van der Waals surface area (Å²) in [5.74, 6) is 0. The van der Waals surface area contributed by atoms with Gasteiger partial charge in [0, 0.05) is 19.1 Å². The van der Waals surface area contributed by atoms with Gasteiger partial charge >= 0.3 is 6.18 Å². The number of nitrogens with zero attached hydrogens (tertiary/aromatic N) is 1. The van der Waals surface area contributed by atoms with Crippen molar-refractivity contribution >= 4 is 12.4 Å². The molecule has 0 radical (unpaired) electrons. The number of hydrogen-bond donors (Lipinski definition) is 1. The van der Waals surface area contributed by atoms with E-state index < -0.39 is 11.7 Å². The fraction of sp³-hybridized carbons (Fsp3) is 0.600. The number of alkyl halides is 3. The maximum Gasteiger partial charge on any atom is 0.416 e. The minimum absolute atomic E-state index is 0. The zero-order valence-corrected chi connectivity index (χ0v) is 12.9. The second-order valence-electron chi connectivity index (χ2n) is 5.32. The van der Waals surface area contributed by atoms with Crippen molar-refractivity contribution in [1.29, 1.82) is 0 Å². The van der Waals surface area contributed by atoms with Crippen molar-refractivity contribution < 1.29 is 13.2 Å². The molecule has 0 amide bonds. The molecule has 1 aliphatic rings. The average molecular weight is 323 g/mol. The summed E-state index contributed by atoms with van der Waals surface area (Å²) in [6.45, 7) is 5.53. The summed E-state index contributed by atoms with van der Waals surface area (Å²) in [4.78, 5) is 2.29. The number of halogens is 4. The summed E-state index contributed by atoms with van der Waals surface area (Å²) < 4.78 is 38.2. The third-order valence-electron chi connectivity index (χ3n) is 3.70. The molecule has 0 aromatic heterocycles. The van der Waals surface area contributed by atoms with Crippen LogP contribution in [0.1, 0.15) is 30.9 Å². The van der Waals surface area contributed by atoms with Gasteiger partial charge in [0.15, 0.2) is 0 Å². The maximum absolute atomic E-state index is 12.7. The van der Waals surface area contributed by atoms with Crippen LogP contribution >= 0.6 is 12.4 Å². The van der Waals surface area contributed by atoms with Crippen molar-refractivity contribution in [3.05, 3.63) is 35.4 Å². The monoisotopic (exact) mass is 322 g/mol. The van der Waals surface area contributed by atoms with E-state index in [4.69, 9.17) is 0 Å². The number of hydrogen-bond acceptors (Lipinski definition) is 2. The van der Waals surface area contributed by atoms with Crippen LogP contribution in [0.3, 0.4) is 0 Å². The van der Waals surface area contributed by atoms with Gasteiger partial charge in [0.1, 0.15) is 0 Å². The number of nitrogens with one attached hydrogen (secondary N) is 1. The van der Waals surface area contributed by atoms with Gasteiger partial charge in [-0.15, -0.1) is 12.4 Å². The molecule has 6 heteroatoms. The minimum Gasteiger partial charge on any atom is -0.315 e. The molecule has 2 rings (SSSR count). The van der Waals surface area contributed by atoms with E-state index in [1.54, 1.807) is 6.07 Å². The lowest BCUT2D eigenvalue weighted by molar-refractivity contribution is -0.137. The topological polar surface area (TPSA) is 15.3 Å². The quantitative estimate of drug-likeness (QED) is 0.889. The SMILES string of the molecule is CCCN(Cc1cccc(C(F)(F)F)c1)C1CCNC1.Cl. The molecule has 1 fully saturated rings. The van der Waals surface area contributed by atoms with E-state index in [0.717, 1.165) is 44.1 Å². The van der Waals surface area contributed by atoms with E-state index in [9.17, 15) is 13.2 Å². The number of rotatable bonds is 5. The third-order valence-corrected chi connectivity index (χ3v) is 3.70. The Morgan fingerprint density at radius 1 is 1.33 bits per heavy atom. The van der Waals surface area contributed by atoms with Crippen LogP contribution in [0.15, 0.2) is 24.3 Å². The first kappa shape index (κ1) is 18.3. The summed E-state index contributed by atoms with van der Waals surface area (Å²) in [6.07, 6.45) is -2.19. The van der Waals surface area contributed by atoms with E-state index in [1.165, 1.54) is 12.1 Å². The van der Waals surface area contributed by atoms with Gasteiger partial charge in [0.2, 0.25) is 0 Å². The molecule has 1 atom stereocenters. The van der Waals surface area contributed by atoms with Gasteiger partial charge < -0.3 is 5.32 Å². The van der Waals surface area contributed by atoms with Crippen molar-refractivity contribution in [2.24, 2.45) is 0 Å². The average Bonchev–Trinajstić information content (AvgIpc) is 2.91. The highest BCUT2D eigenvalue weighted by Gasteiger charge is 2.30. The second-order valence-corrected chi connectivity index (χ2v) is 5.32. The van der Waals surface area contributed by atoms with Gasteiger partial charge in [-0.25, -0.2) is 0 Å². The van der Waals surface area contributed by atoms with Gasteiger partial charge in [0.25, 0.3) is 0 Å². The molecule has 0 spiro atoms. The van der Waals surface area contributed by atoms with Crippen molar-refractivity contribution in [3.63, 3.8) is 0 Å². The van der Waals surface area contributed by atoms with Crippen LogP contribution in [0.5, 0.6) is 0 Å². The van der Waals surface area contributed by atoms with E-state index in [0.29, 0.717) is 12.6 Å². The lowest BCUT2D eigenvalue weighted by atomic mass is 10.1. The molecule has 1 saturated heterocycles. The first-order chi connectivity index (χ1) is 9.50. The van der Waals surface area contributed by atoms with Gasteiger partial charge in [0.05, 0.1) is 5.56 Å². The smallest absolute Gasteiger partial charge is 0.315 e. The Labute approximate surface area is 130 Å². The molecule has 1 aromatic rings. The molecule has 0 bridgehead atoms. The lowest BCUT2D eigenvalue weighted by Crippen LogP contribution is -2.36. The van der Waals surface area contributed by atoms with E-state index in [2.05, 4.69) is 17.1 Å². The van der Waals surface area contributed by atoms with Crippen LogP contribution < -0.4 is 5.32 Å². The minimum atomic E-state index is -4.26. The molecule has 1 aromatic carbocycles. The maximum atomic E-state index is 12.7. The standard InChI is InChI=1S/C15H21F3N2.ClH/c1-2-8-20(14-6-7-19-10-14)11-12-4-3-5-13(9-12)15(16,17)18;/h3-5,9,14,19H,2,6-8,10-11H2,1H3;1H. The summed E-state index contributed by atoms with van der Waals surface area (Å²) in [6, 6.07) is 6.11. The molecule has 2 nitrogen and oxygen atoms in total. The van der Waals surface area contributed by atoms with Crippen LogP contribution in [0.25, 0.3) is 0 Å². The highest BCUT2D eigenvalue weighted by molar-refractivity contribution is 5.85. The summed E-state index contributed by atoms with van der Waals surface area (Å²) in [5.41, 5.74) is 0.177. The van der Waals surface area contributed by atoms with Gasteiger partial charge in [-0.05, 0) is 37.6 Å². The molecule has 1 heterocycles. The molecule has 1 aliphatic heterocycles. The number of benzene rings is 1. The van der Waals surface area contributed by atoms with E-state index >= 15 is 0 Å². The highest BCUT2D eigenvalue weighted by atomic mass is 35.5. The Bertz CT molecular complexity index is 431. The van der Waals surface area contributed by atoms with Gasteiger partial charge in [-0.2, -0.15) is 13.2 Å². The fourth-order valence-corrected chi connectivity index (χ4v) is 2.71. The second kappa shape index (κ2) is 8.01. The van der Waals surface area contributed by atoms with Crippen LogP contribution in [0.2, 0.25) is 0 Å². The molecule has 0 saturated carbocycles. The van der Waals surface area contributed by atoms with Crippen molar-refractivity contribution in [1.82, 2.24) is 10.2 Å². The first-order valence-electron chi connectivity index (χ1n) is 7.11. The molecule has 1 unspecified atom stereocenters. The van der Waals surface area contributed by atoms with Crippen LogP contribution in [-0.4, -0.2) is 30.6 Å². The normalized spacial score (nSPS) is 18.8. The molecule has 120 valence electrons. The predicted octanol–water partition coefficient (Wildman–Crippen LogP) is 3.70. The molecular formula is C15H22ClF3N2. The van der Waals surface area contributed by atoms with Crippen molar-refractivity contribution in [2.45, 2.75) is 38.5 Å². The molecule has 1 N–H and O–H groups in total. The van der Waals surface area contributed by atoms with Gasteiger partial charge in [-0.3, -0.25) is 4.90 Å². The fourth-order valence-electron chi connectivity index (χ4n) is 2.71. The van der Waals surface area contributed by atoms with Crippen LogP contribution in [0, 0.1) is 0 Å². The molecular weight excluding hydrogens is 301 g/mol. The Balaban J connectivity index is 0.00000220. The zero-order chi connectivity index (χ0) is 14.6. The third kappa shape index (κ3) is 5.16. The summed E-state index contributed by atoms with van der Waals surface area (Å²) >= 11 is 0. The zero-order valence-electron chi connectivity index (χ0n) is 12.1.